The molecular formula is C47H61N3O12. The zero-order valence-electron chi connectivity index (χ0n) is 36.3. The van der Waals surface area contributed by atoms with Gasteiger partial charge in [0.15, 0.2) is 0 Å². The van der Waals surface area contributed by atoms with Gasteiger partial charge in [0.25, 0.3) is 11.8 Å². The molecule has 0 radical (unpaired) electrons. The molecule has 0 aliphatic heterocycles. The molecule has 2 unspecified atom stereocenters. The Balaban J connectivity index is 0.000000330. The molecule has 0 aromatic heterocycles. The summed E-state index contributed by atoms with van der Waals surface area (Å²) < 4.78 is 37.8. The van der Waals surface area contributed by atoms with Gasteiger partial charge in [0.1, 0.15) is 35.2 Å². The van der Waals surface area contributed by atoms with Crippen LogP contribution in [0.3, 0.4) is 0 Å². The number of carbonyl (C=O) groups excluding carboxylic acids is 4. The predicted molar refractivity (Wildman–Crippen MR) is 235 cm³/mol. The van der Waals surface area contributed by atoms with E-state index in [-0.39, 0.29) is 37.4 Å². The maximum absolute atomic E-state index is 12.8. The molecule has 4 aromatic carbocycles. The molecule has 0 spiro atoms. The highest BCUT2D eigenvalue weighted by Gasteiger charge is 2.21. The molecule has 336 valence electrons. The van der Waals surface area contributed by atoms with Gasteiger partial charge in [-0.05, 0) is 85.3 Å². The number of methoxy groups -OCH3 is 5. The Bertz CT molecular complexity index is 1750. The highest BCUT2D eigenvalue weighted by molar-refractivity contribution is 5.94. The largest absolute Gasteiger partial charge is 0.497 e. The third kappa shape index (κ3) is 19.5. The molecular weight excluding hydrogens is 799 g/mol. The zero-order chi connectivity index (χ0) is 45.0. The number of para-hydroxylation sites is 2. The van der Waals surface area contributed by atoms with E-state index < -0.39 is 18.1 Å². The molecule has 0 bridgehead atoms. The maximum Gasteiger partial charge on any atom is 0.305 e. The van der Waals surface area contributed by atoms with Crippen LogP contribution in [0, 0.1) is 0 Å². The van der Waals surface area contributed by atoms with Crippen LogP contribution in [0.15, 0.2) is 97.1 Å². The summed E-state index contributed by atoms with van der Waals surface area (Å²) in [6, 6.07) is 29.4. The summed E-state index contributed by atoms with van der Waals surface area (Å²) >= 11 is 0. The second kappa shape index (κ2) is 29.2. The number of benzene rings is 4. The average Bonchev–Trinajstić information content (AvgIpc) is 3.30. The Kier molecular flexibility index (Phi) is 23.6. The van der Waals surface area contributed by atoms with Crippen LogP contribution in [0.4, 0.5) is 11.4 Å². The van der Waals surface area contributed by atoms with E-state index in [4.69, 9.17) is 33.6 Å². The van der Waals surface area contributed by atoms with Crippen LogP contribution in [0.2, 0.25) is 0 Å². The molecule has 15 heteroatoms. The van der Waals surface area contributed by atoms with E-state index in [0.717, 1.165) is 36.1 Å². The van der Waals surface area contributed by atoms with Gasteiger partial charge < -0.3 is 43.8 Å². The number of esters is 1. The third-order valence-electron chi connectivity index (χ3n) is 9.46. The average molecular weight is 860 g/mol. The number of amides is 3. The Hall–Kier alpha value is -6.16. The number of hydroxylamine groups is 1. The van der Waals surface area contributed by atoms with Crippen molar-refractivity contribution in [3.05, 3.63) is 108 Å². The van der Waals surface area contributed by atoms with Crippen molar-refractivity contribution in [2.24, 2.45) is 0 Å². The van der Waals surface area contributed by atoms with Gasteiger partial charge >= 0.3 is 5.97 Å². The normalized spacial score (nSPS) is 11.5. The van der Waals surface area contributed by atoms with Crippen LogP contribution in [-0.4, -0.2) is 76.7 Å². The smallest absolute Gasteiger partial charge is 0.305 e. The lowest BCUT2D eigenvalue weighted by atomic mass is 10.1. The van der Waals surface area contributed by atoms with Crippen LogP contribution < -0.4 is 35.1 Å². The Labute approximate surface area is 364 Å². The van der Waals surface area contributed by atoms with Crippen LogP contribution in [0.25, 0.3) is 0 Å². The summed E-state index contributed by atoms with van der Waals surface area (Å²) in [5.41, 5.74) is 4.71. The standard InChI is InChI=1S/C24H31NO6.C23H30N2O6/c1-28-20-14-18(15-21(16-20)29-2)17-31-22(12-8-5-9-13-23(26)30-3)24(27)25-19-10-6-4-7-11-19;1-29-19-13-17(14-20(15-19)30-2)16-31-21(11-7-4-8-12-22(26)25-28)23(27)24-18-9-5-3-6-10-18/h4,6-7,10-11,14-16,22H,5,8-9,12-13,17H2,1-3H3,(H,25,27);3,5-6,9-10,13-15,21,28H,4,7-8,11-12,16H2,1-2H3,(H,24,27)(H,25,26). The number of unbranched alkanes of at least 4 members (excludes halogenated alkanes) is 4. The van der Waals surface area contributed by atoms with E-state index in [1.165, 1.54) is 7.11 Å². The molecule has 3 amide bonds. The van der Waals surface area contributed by atoms with Gasteiger partial charge in [0.2, 0.25) is 5.91 Å². The molecule has 62 heavy (non-hydrogen) atoms. The van der Waals surface area contributed by atoms with E-state index in [1.54, 1.807) is 46.1 Å². The van der Waals surface area contributed by atoms with Gasteiger partial charge in [-0.25, -0.2) is 5.48 Å². The first kappa shape index (κ1) is 50.2. The fraction of sp³-hybridized carbons (Fsp3) is 0.404. The van der Waals surface area contributed by atoms with Crippen molar-refractivity contribution in [3.8, 4) is 23.0 Å². The highest BCUT2D eigenvalue weighted by atomic mass is 16.5. The third-order valence-corrected chi connectivity index (χ3v) is 9.46. The summed E-state index contributed by atoms with van der Waals surface area (Å²) in [7, 11) is 7.71. The minimum Gasteiger partial charge on any atom is -0.497 e. The fourth-order valence-electron chi connectivity index (χ4n) is 6.09. The zero-order valence-corrected chi connectivity index (χ0v) is 36.3. The Morgan fingerprint density at radius 3 is 1.26 bits per heavy atom. The minimum atomic E-state index is -0.663. The quantitative estimate of drug-likeness (QED) is 0.0206. The molecule has 0 saturated heterocycles. The lowest BCUT2D eigenvalue weighted by Gasteiger charge is -2.18. The van der Waals surface area contributed by atoms with Crippen molar-refractivity contribution in [2.75, 3.05) is 46.2 Å². The van der Waals surface area contributed by atoms with Crippen molar-refractivity contribution in [2.45, 2.75) is 89.6 Å². The van der Waals surface area contributed by atoms with Crippen molar-refractivity contribution in [1.82, 2.24) is 5.48 Å². The molecule has 2 atom stereocenters. The molecule has 4 aromatic rings. The van der Waals surface area contributed by atoms with Crippen molar-refractivity contribution < 1.29 is 57.5 Å². The second-order valence-electron chi connectivity index (χ2n) is 14.1. The van der Waals surface area contributed by atoms with Gasteiger partial charge in [-0.1, -0.05) is 62.1 Å². The first-order valence-corrected chi connectivity index (χ1v) is 20.5. The van der Waals surface area contributed by atoms with Crippen LogP contribution >= 0.6 is 0 Å². The van der Waals surface area contributed by atoms with Gasteiger partial charge in [0, 0.05) is 36.3 Å². The molecule has 0 heterocycles. The van der Waals surface area contributed by atoms with Gasteiger partial charge in [-0.15, -0.1) is 0 Å². The summed E-state index contributed by atoms with van der Waals surface area (Å²) in [5, 5.41) is 14.3. The van der Waals surface area contributed by atoms with E-state index in [9.17, 15) is 19.2 Å². The molecule has 15 nitrogen and oxygen atoms in total. The lowest BCUT2D eigenvalue weighted by Crippen LogP contribution is -2.30. The topological polar surface area (TPSA) is 189 Å². The fourth-order valence-corrected chi connectivity index (χ4v) is 6.09. The number of rotatable bonds is 26. The van der Waals surface area contributed by atoms with E-state index in [0.29, 0.717) is 67.2 Å². The van der Waals surface area contributed by atoms with Crippen LogP contribution in [-0.2, 0) is 46.6 Å². The van der Waals surface area contributed by atoms with Crippen molar-refractivity contribution >= 4 is 35.1 Å². The van der Waals surface area contributed by atoms with Crippen LogP contribution in [0.1, 0.15) is 75.3 Å². The summed E-state index contributed by atoms with van der Waals surface area (Å²) in [6.07, 6.45) is 4.70. The van der Waals surface area contributed by atoms with Crippen molar-refractivity contribution in [1.29, 1.82) is 0 Å². The van der Waals surface area contributed by atoms with E-state index >= 15 is 0 Å². The Morgan fingerprint density at radius 1 is 0.516 bits per heavy atom. The first-order valence-electron chi connectivity index (χ1n) is 20.5. The number of nitrogens with one attached hydrogen (secondary N) is 3. The Morgan fingerprint density at radius 2 is 0.903 bits per heavy atom. The van der Waals surface area contributed by atoms with Gasteiger partial charge in [-0.2, -0.15) is 0 Å². The van der Waals surface area contributed by atoms with Crippen LogP contribution in [0.5, 0.6) is 23.0 Å². The molecule has 4 rings (SSSR count). The number of carbonyl (C=O) groups is 4. The maximum atomic E-state index is 12.8. The predicted octanol–water partition coefficient (Wildman–Crippen LogP) is 8.03. The highest BCUT2D eigenvalue weighted by Crippen LogP contribution is 2.25. The number of anilines is 2. The van der Waals surface area contributed by atoms with Gasteiger partial charge in [0.05, 0.1) is 48.8 Å². The van der Waals surface area contributed by atoms with Crippen molar-refractivity contribution in [3.63, 3.8) is 0 Å². The molecule has 0 aliphatic carbocycles. The minimum absolute atomic E-state index is 0.200. The molecule has 0 saturated carbocycles. The molecule has 4 N–H and O–H groups in total. The molecule has 0 fully saturated rings. The lowest BCUT2D eigenvalue weighted by molar-refractivity contribution is -0.140. The second-order valence-corrected chi connectivity index (χ2v) is 14.1. The first-order chi connectivity index (χ1) is 30.1. The summed E-state index contributed by atoms with van der Waals surface area (Å²) in [6.45, 7) is 0.454. The SMILES string of the molecule is COC(=O)CCCCCC(OCc1cc(OC)cc(OC)c1)C(=O)Nc1ccccc1.COc1cc(COC(CCCCCC(=O)NO)C(=O)Nc2ccccc2)cc(OC)c1. The van der Waals surface area contributed by atoms with Gasteiger partial charge in [-0.3, -0.25) is 24.4 Å². The molecule has 0 aliphatic rings. The van der Waals surface area contributed by atoms with E-state index in [1.807, 2.05) is 84.9 Å². The number of ether oxygens (including phenoxy) is 7. The number of hydrogen-bond donors (Lipinski definition) is 4. The monoisotopic (exact) mass is 859 g/mol. The summed E-state index contributed by atoms with van der Waals surface area (Å²) in [5.74, 6) is 1.54. The summed E-state index contributed by atoms with van der Waals surface area (Å²) in [4.78, 5) is 48.0. The number of hydrogen-bond acceptors (Lipinski definition) is 12. The van der Waals surface area contributed by atoms with E-state index in [2.05, 4.69) is 15.4 Å².